The molecule has 0 radical (unpaired) electrons. The van der Waals surface area contributed by atoms with Crippen LogP contribution in [0.1, 0.15) is 21.5 Å². The number of aliphatic hydroxyl groups is 1. The number of amides is 1. The van der Waals surface area contributed by atoms with Crippen LogP contribution in [-0.2, 0) is 4.74 Å². The minimum Gasteiger partial charge on any atom is -0.394 e. The second-order valence-corrected chi connectivity index (χ2v) is 4.95. The number of aryl methyl sites for hydroxylation is 1. The van der Waals surface area contributed by atoms with E-state index in [9.17, 15) is 9.90 Å². The lowest BCUT2D eigenvalue weighted by Gasteiger charge is -2.34. The van der Waals surface area contributed by atoms with Crippen molar-refractivity contribution in [2.24, 2.45) is 5.73 Å². The van der Waals surface area contributed by atoms with Gasteiger partial charge in [0.25, 0.3) is 5.91 Å². The van der Waals surface area contributed by atoms with E-state index in [0.717, 1.165) is 11.1 Å². The van der Waals surface area contributed by atoms with E-state index in [1.807, 2.05) is 13.0 Å². The van der Waals surface area contributed by atoms with E-state index in [1.54, 1.807) is 17.0 Å². The first kappa shape index (κ1) is 15.5. The highest BCUT2D eigenvalue weighted by Gasteiger charge is 2.27. The molecule has 5 nitrogen and oxygen atoms in total. The number of rotatable bonds is 2. The number of carbonyl (C=O) groups is 1. The summed E-state index contributed by atoms with van der Waals surface area (Å²) in [5.74, 6) is 5.68. The Labute approximate surface area is 124 Å². The van der Waals surface area contributed by atoms with Gasteiger partial charge in [-0.25, -0.2) is 0 Å². The smallest absolute Gasteiger partial charge is 0.254 e. The van der Waals surface area contributed by atoms with E-state index in [1.165, 1.54) is 0 Å². The third-order valence-electron chi connectivity index (χ3n) is 3.51. The minimum atomic E-state index is -0.286. The predicted molar refractivity (Wildman–Crippen MR) is 79.8 cm³/mol. The maximum Gasteiger partial charge on any atom is 0.254 e. The normalized spacial score (nSPS) is 18.0. The molecule has 5 heteroatoms. The van der Waals surface area contributed by atoms with Crippen molar-refractivity contribution in [2.45, 2.75) is 13.0 Å². The van der Waals surface area contributed by atoms with Crippen LogP contribution in [0.5, 0.6) is 0 Å². The Morgan fingerprint density at radius 3 is 3.10 bits per heavy atom. The molecule has 1 fully saturated rings. The van der Waals surface area contributed by atoms with Crippen molar-refractivity contribution in [3.05, 3.63) is 34.9 Å². The second kappa shape index (κ2) is 7.23. The molecule has 0 aromatic heterocycles. The molecule has 21 heavy (non-hydrogen) atoms. The van der Waals surface area contributed by atoms with Crippen molar-refractivity contribution in [2.75, 3.05) is 32.9 Å². The topological polar surface area (TPSA) is 75.8 Å². The maximum atomic E-state index is 12.6. The molecule has 1 aliphatic rings. The Hall–Kier alpha value is -1.87. The summed E-state index contributed by atoms with van der Waals surface area (Å²) >= 11 is 0. The first-order valence-electron chi connectivity index (χ1n) is 6.96. The van der Waals surface area contributed by atoms with Crippen molar-refractivity contribution in [3.8, 4) is 11.8 Å². The summed E-state index contributed by atoms with van der Waals surface area (Å²) in [5, 5.41) is 9.36. The number of nitrogens with zero attached hydrogens (tertiary/aromatic N) is 1. The number of aliphatic hydroxyl groups excluding tert-OH is 1. The number of benzene rings is 1. The number of hydrogen-bond donors (Lipinski definition) is 2. The highest BCUT2D eigenvalue weighted by Crippen LogP contribution is 2.16. The minimum absolute atomic E-state index is 0.0998. The largest absolute Gasteiger partial charge is 0.394 e. The molecule has 1 atom stereocenters. The number of ether oxygens (including phenoxy) is 1. The summed E-state index contributed by atoms with van der Waals surface area (Å²) in [5.41, 5.74) is 7.77. The lowest BCUT2D eigenvalue weighted by molar-refractivity contribution is -0.0183. The van der Waals surface area contributed by atoms with E-state index in [2.05, 4.69) is 11.8 Å². The van der Waals surface area contributed by atoms with Crippen LogP contribution in [0, 0.1) is 18.8 Å². The van der Waals surface area contributed by atoms with Crippen LogP contribution in [0.4, 0.5) is 0 Å². The molecule has 0 spiro atoms. The van der Waals surface area contributed by atoms with Gasteiger partial charge in [-0.1, -0.05) is 17.9 Å². The van der Waals surface area contributed by atoms with Crippen molar-refractivity contribution in [1.29, 1.82) is 0 Å². The SMILES string of the molecule is Cc1ccc(C(=O)N2CCOCC2CO)cc1C#CCN. The van der Waals surface area contributed by atoms with Crippen LogP contribution in [0.3, 0.4) is 0 Å². The van der Waals surface area contributed by atoms with E-state index in [0.29, 0.717) is 25.3 Å². The zero-order valence-electron chi connectivity index (χ0n) is 12.1. The summed E-state index contributed by atoms with van der Waals surface area (Å²) in [4.78, 5) is 14.3. The summed E-state index contributed by atoms with van der Waals surface area (Å²) < 4.78 is 5.30. The van der Waals surface area contributed by atoms with Gasteiger partial charge in [0, 0.05) is 17.7 Å². The number of morpholine rings is 1. The van der Waals surface area contributed by atoms with Gasteiger partial charge >= 0.3 is 0 Å². The molecular weight excluding hydrogens is 268 g/mol. The van der Waals surface area contributed by atoms with Gasteiger partial charge in [-0.3, -0.25) is 4.79 Å². The van der Waals surface area contributed by atoms with Gasteiger partial charge in [-0.05, 0) is 24.6 Å². The van der Waals surface area contributed by atoms with Gasteiger partial charge in [0.15, 0.2) is 0 Å². The fourth-order valence-corrected chi connectivity index (χ4v) is 2.28. The van der Waals surface area contributed by atoms with Gasteiger partial charge < -0.3 is 20.5 Å². The third kappa shape index (κ3) is 3.61. The van der Waals surface area contributed by atoms with E-state index in [-0.39, 0.29) is 25.1 Å². The highest BCUT2D eigenvalue weighted by molar-refractivity contribution is 5.95. The monoisotopic (exact) mass is 288 g/mol. The predicted octanol–water partition coefficient (Wildman–Crippen LogP) is 0.139. The average Bonchev–Trinajstić information content (AvgIpc) is 2.53. The molecule has 1 amide bonds. The lowest BCUT2D eigenvalue weighted by Crippen LogP contribution is -2.50. The molecule has 1 unspecified atom stereocenters. The van der Waals surface area contributed by atoms with Crippen molar-refractivity contribution < 1.29 is 14.6 Å². The number of hydrogen-bond acceptors (Lipinski definition) is 4. The van der Waals surface area contributed by atoms with Crippen LogP contribution >= 0.6 is 0 Å². The molecular formula is C16H20N2O3. The summed E-state index contributed by atoms with van der Waals surface area (Å²) in [6.07, 6.45) is 0. The van der Waals surface area contributed by atoms with Crippen molar-refractivity contribution >= 4 is 5.91 Å². The lowest BCUT2D eigenvalue weighted by atomic mass is 10.0. The first-order chi connectivity index (χ1) is 10.2. The van der Waals surface area contributed by atoms with Gasteiger partial charge in [-0.15, -0.1) is 0 Å². The molecule has 1 aliphatic heterocycles. The Morgan fingerprint density at radius 1 is 1.57 bits per heavy atom. The van der Waals surface area contributed by atoms with Crippen LogP contribution in [0.25, 0.3) is 0 Å². The molecule has 0 aliphatic carbocycles. The highest BCUT2D eigenvalue weighted by atomic mass is 16.5. The first-order valence-corrected chi connectivity index (χ1v) is 6.96. The van der Waals surface area contributed by atoms with Crippen LogP contribution in [-0.4, -0.2) is 54.9 Å². The molecule has 1 saturated heterocycles. The maximum absolute atomic E-state index is 12.6. The van der Waals surface area contributed by atoms with Crippen LogP contribution < -0.4 is 5.73 Å². The van der Waals surface area contributed by atoms with Gasteiger partial charge in [0.05, 0.1) is 32.4 Å². The van der Waals surface area contributed by atoms with E-state index < -0.39 is 0 Å². The van der Waals surface area contributed by atoms with Gasteiger partial charge in [0.1, 0.15) is 0 Å². The molecule has 0 saturated carbocycles. The molecule has 1 heterocycles. The average molecular weight is 288 g/mol. The van der Waals surface area contributed by atoms with Gasteiger partial charge in [-0.2, -0.15) is 0 Å². The Bertz CT molecular complexity index is 575. The summed E-state index contributed by atoms with van der Waals surface area (Å²) in [6.45, 7) is 3.48. The number of carbonyl (C=O) groups excluding carboxylic acids is 1. The molecule has 1 aromatic rings. The second-order valence-electron chi connectivity index (χ2n) is 4.95. The zero-order valence-corrected chi connectivity index (χ0v) is 12.1. The third-order valence-corrected chi connectivity index (χ3v) is 3.51. The molecule has 3 N–H and O–H groups in total. The molecule has 1 aromatic carbocycles. The summed E-state index contributed by atoms with van der Waals surface area (Å²) in [6, 6.07) is 5.16. The molecule has 112 valence electrons. The Morgan fingerprint density at radius 2 is 2.38 bits per heavy atom. The zero-order chi connectivity index (χ0) is 15.2. The summed E-state index contributed by atoms with van der Waals surface area (Å²) in [7, 11) is 0. The Kier molecular flexibility index (Phi) is 5.34. The Balaban J connectivity index is 2.26. The fourth-order valence-electron chi connectivity index (χ4n) is 2.28. The van der Waals surface area contributed by atoms with Crippen molar-refractivity contribution in [1.82, 2.24) is 4.90 Å². The van der Waals surface area contributed by atoms with E-state index >= 15 is 0 Å². The van der Waals surface area contributed by atoms with Gasteiger partial charge in [0.2, 0.25) is 0 Å². The quantitative estimate of drug-likeness (QED) is 0.759. The molecule has 2 rings (SSSR count). The standard InChI is InChI=1S/C16H20N2O3/c1-12-4-5-14(9-13(12)3-2-6-17)16(20)18-7-8-21-11-15(18)10-19/h4-5,9,15,19H,6-8,10-11,17H2,1H3. The number of nitrogens with two attached hydrogens (primary N) is 1. The van der Waals surface area contributed by atoms with E-state index in [4.69, 9.17) is 10.5 Å². The fraction of sp³-hybridized carbons (Fsp3) is 0.438. The van der Waals surface area contributed by atoms with Crippen LogP contribution in [0.2, 0.25) is 0 Å². The van der Waals surface area contributed by atoms with Crippen LogP contribution in [0.15, 0.2) is 18.2 Å². The molecule has 0 bridgehead atoms. The van der Waals surface area contributed by atoms with Crippen molar-refractivity contribution in [3.63, 3.8) is 0 Å².